The number of rotatable bonds is 4. The van der Waals surface area contributed by atoms with E-state index in [-0.39, 0.29) is 6.42 Å². The zero-order chi connectivity index (χ0) is 10.8. The highest BCUT2D eigenvalue weighted by molar-refractivity contribution is 6.09. The van der Waals surface area contributed by atoms with Crippen molar-refractivity contribution in [2.24, 2.45) is 11.5 Å². The van der Waals surface area contributed by atoms with Crippen molar-refractivity contribution in [2.75, 3.05) is 0 Å². The van der Waals surface area contributed by atoms with Gasteiger partial charge in [-0.1, -0.05) is 0 Å². The lowest BCUT2D eigenvalue weighted by atomic mass is 9.94. The highest BCUT2D eigenvalue weighted by atomic mass is 16.2. The van der Waals surface area contributed by atoms with Crippen molar-refractivity contribution in [2.45, 2.75) is 18.9 Å². The van der Waals surface area contributed by atoms with Crippen LogP contribution >= 0.6 is 0 Å². The van der Waals surface area contributed by atoms with E-state index in [2.05, 4.69) is 9.97 Å². The zero-order valence-corrected chi connectivity index (χ0v) is 7.78. The molecule has 0 aliphatic heterocycles. The first kappa shape index (κ1) is 10.4. The molecule has 1 heterocycles. The lowest BCUT2D eigenvalue weighted by Crippen LogP contribution is -2.56. The number of imidazole rings is 1. The van der Waals surface area contributed by atoms with Crippen molar-refractivity contribution in [1.29, 1.82) is 0 Å². The molecule has 76 valence electrons. The molecule has 1 amide bonds. The Labute approximate surface area is 80.7 Å². The van der Waals surface area contributed by atoms with Crippen LogP contribution in [0.5, 0.6) is 0 Å². The Morgan fingerprint density at radius 1 is 1.64 bits per heavy atom. The first-order valence-corrected chi connectivity index (χ1v) is 4.04. The van der Waals surface area contributed by atoms with Gasteiger partial charge in [-0.3, -0.25) is 9.59 Å². The molecule has 1 aromatic heterocycles. The van der Waals surface area contributed by atoms with Crippen LogP contribution in [-0.4, -0.2) is 27.2 Å². The summed E-state index contributed by atoms with van der Waals surface area (Å²) in [6.45, 7) is 1.30. The fourth-order valence-corrected chi connectivity index (χ4v) is 0.875. The number of hydrogen-bond donors (Lipinski definition) is 3. The van der Waals surface area contributed by atoms with E-state index in [4.69, 9.17) is 11.5 Å². The maximum absolute atomic E-state index is 11.5. The summed E-state index contributed by atoms with van der Waals surface area (Å²) in [5.74, 6) is -1.27. The Morgan fingerprint density at radius 3 is 2.71 bits per heavy atom. The number of hydrogen-bond acceptors (Lipinski definition) is 4. The molecular weight excluding hydrogens is 184 g/mol. The van der Waals surface area contributed by atoms with Crippen LogP contribution in [0.2, 0.25) is 0 Å². The van der Waals surface area contributed by atoms with Crippen LogP contribution in [0.3, 0.4) is 0 Å². The van der Waals surface area contributed by atoms with Crippen LogP contribution in [0.25, 0.3) is 0 Å². The molecule has 0 fully saturated rings. The Balaban J connectivity index is 2.72. The Kier molecular flexibility index (Phi) is 2.66. The standard InChI is InChI=1S/C8H12N4O2/c1-8(10,7(9)14)6(13)2-5-3-11-4-12-5/h3-4H,2,10H2,1H3,(H2,9,14)(H,11,12)/t8-/m0/s1. The second kappa shape index (κ2) is 3.59. The number of nitrogens with zero attached hydrogens (tertiary/aromatic N) is 1. The number of amides is 1. The molecule has 1 rings (SSSR count). The van der Waals surface area contributed by atoms with Crippen molar-refractivity contribution < 1.29 is 9.59 Å². The van der Waals surface area contributed by atoms with Crippen LogP contribution < -0.4 is 11.5 Å². The van der Waals surface area contributed by atoms with Crippen LogP contribution in [0.15, 0.2) is 12.5 Å². The maximum Gasteiger partial charge on any atom is 0.244 e. The molecule has 5 N–H and O–H groups in total. The van der Waals surface area contributed by atoms with Gasteiger partial charge < -0.3 is 16.5 Å². The van der Waals surface area contributed by atoms with Crippen molar-refractivity contribution in [3.63, 3.8) is 0 Å². The number of aromatic amines is 1. The maximum atomic E-state index is 11.5. The molecule has 0 spiro atoms. The number of Topliss-reactive ketones (excluding diaryl/α,β-unsaturated/α-hetero) is 1. The van der Waals surface area contributed by atoms with Crippen molar-refractivity contribution in [3.05, 3.63) is 18.2 Å². The summed E-state index contributed by atoms with van der Waals surface area (Å²) < 4.78 is 0. The van der Waals surface area contributed by atoms with Crippen LogP contribution in [0.4, 0.5) is 0 Å². The molecule has 6 nitrogen and oxygen atoms in total. The van der Waals surface area contributed by atoms with Gasteiger partial charge >= 0.3 is 0 Å². The Bertz CT molecular complexity index is 342. The minimum absolute atomic E-state index is 0.0237. The Hall–Kier alpha value is -1.69. The topological polar surface area (TPSA) is 115 Å². The molecule has 0 saturated carbocycles. The molecule has 0 aliphatic carbocycles. The van der Waals surface area contributed by atoms with E-state index in [1.165, 1.54) is 19.4 Å². The van der Waals surface area contributed by atoms with Gasteiger partial charge in [0.15, 0.2) is 11.3 Å². The average molecular weight is 196 g/mol. The number of ketones is 1. The summed E-state index contributed by atoms with van der Waals surface area (Å²) in [5, 5.41) is 0. The molecule has 14 heavy (non-hydrogen) atoms. The van der Waals surface area contributed by atoms with E-state index in [9.17, 15) is 9.59 Å². The molecule has 0 bridgehead atoms. The number of carbonyl (C=O) groups excluding carboxylic acids is 2. The smallest absolute Gasteiger partial charge is 0.244 e. The Morgan fingerprint density at radius 2 is 2.29 bits per heavy atom. The van der Waals surface area contributed by atoms with Crippen LogP contribution in [0, 0.1) is 0 Å². The zero-order valence-electron chi connectivity index (χ0n) is 7.78. The van der Waals surface area contributed by atoms with Crippen molar-refractivity contribution in [3.8, 4) is 0 Å². The fourth-order valence-electron chi connectivity index (χ4n) is 0.875. The molecule has 0 aliphatic rings. The van der Waals surface area contributed by atoms with Gasteiger partial charge in [-0.2, -0.15) is 0 Å². The van der Waals surface area contributed by atoms with E-state index in [0.717, 1.165) is 0 Å². The van der Waals surface area contributed by atoms with E-state index < -0.39 is 17.2 Å². The summed E-state index contributed by atoms with van der Waals surface area (Å²) in [6, 6.07) is 0. The number of nitrogens with one attached hydrogen (secondary N) is 1. The van der Waals surface area contributed by atoms with Crippen molar-refractivity contribution >= 4 is 11.7 Å². The highest BCUT2D eigenvalue weighted by Gasteiger charge is 2.34. The third kappa shape index (κ3) is 1.97. The third-order valence-electron chi connectivity index (χ3n) is 2.00. The summed E-state index contributed by atoms with van der Waals surface area (Å²) >= 11 is 0. The first-order valence-electron chi connectivity index (χ1n) is 4.04. The lowest BCUT2D eigenvalue weighted by Gasteiger charge is -2.17. The minimum Gasteiger partial charge on any atom is -0.368 e. The molecule has 6 heteroatoms. The van der Waals surface area contributed by atoms with Crippen LogP contribution in [0.1, 0.15) is 12.6 Å². The number of H-pyrrole nitrogens is 1. The van der Waals surface area contributed by atoms with Crippen LogP contribution in [-0.2, 0) is 16.0 Å². The van der Waals surface area contributed by atoms with Gasteiger partial charge in [-0.05, 0) is 6.92 Å². The molecule has 0 radical (unpaired) electrons. The number of nitrogens with two attached hydrogens (primary N) is 2. The predicted molar refractivity (Wildman–Crippen MR) is 49.1 cm³/mol. The summed E-state index contributed by atoms with van der Waals surface area (Å²) in [5.41, 5.74) is 9.44. The number of aromatic nitrogens is 2. The highest BCUT2D eigenvalue weighted by Crippen LogP contribution is 2.05. The van der Waals surface area contributed by atoms with Gasteiger partial charge in [-0.15, -0.1) is 0 Å². The largest absolute Gasteiger partial charge is 0.368 e. The number of carbonyl (C=O) groups is 2. The third-order valence-corrected chi connectivity index (χ3v) is 2.00. The molecule has 0 unspecified atom stereocenters. The fraction of sp³-hybridized carbons (Fsp3) is 0.375. The van der Waals surface area contributed by atoms with Gasteiger partial charge in [0.1, 0.15) is 0 Å². The van der Waals surface area contributed by atoms with Gasteiger partial charge in [0.25, 0.3) is 0 Å². The van der Waals surface area contributed by atoms with E-state index >= 15 is 0 Å². The van der Waals surface area contributed by atoms with E-state index in [1.54, 1.807) is 0 Å². The monoisotopic (exact) mass is 196 g/mol. The van der Waals surface area contributed by atoms with Gasteiger partial charge in [0.2, 0.25) is 5.91 Å². The van der Waals surface area contributed by atoms with Crippen molar-refractivity contribution in [1.82, 2.24) is 9.97 Å². The van der Waals surface area contributed by atoms with E-state index in [0.29, 0.717) is 5.69 Å². The quantitative estimate of drug-likeness (QED) is 0.520. The van der Waals surface area contributed by atoms with Gasteiger partial charge in [0.05, 0.1) is 12.7 Å². The molecule has 0 saturated heterocycles. The van der Waals surface area contributed by atoms with Gasteiger partial charge in [-0.25, -0.2) is 4.98 Å². The minimum atomic E-state index is -1.62. The first-order chi connectivity index (χ1) is 6.44. The van der Waals surface area contributed by atoms with Gasteiger partial charge in [0, 0.05) is 11.9 Å². The number of primary amides is 1. The molecule has 0 aromatic carbocycles. The second-order valence-electron chi connectivity index (χ2n) is 3.24. The molecule has 1 aromatic rings. The molecular formula is C8H12N4O2. The second-order valence-corrected chi connectivity index (χ2v) is 3.24. The van der Waals surface area contributed by atoms with E-state index in [1.807, 2.05) is 0 Å². The summed E-state index contributed by atoms with van der Waals surface area (Å²) in [4.78, 5) is 28.8. The summed E-state index contributed by atoms with van der Waals surface area (Å²) in [6.07, 6.45) is 2.96. The summed E-state index contributed by atoms with van der Waals surface area (Å²) in [7, 11) is 0. The SMILES string of the molecule is C[C@@](N)(C(N)=O)C(=O)Cc1cnc[nH]1. The molecule has 1 atom stereocenters. The average Bonchev–Trinajstić information content (AvgIpc) is 2.56. The normalized spacial score (nSPS) is 14.7. The predicted octanol–water partition coefficient (Wildman–Crippen LogP) is -1.28. The lowest BCUT2D eigenvalue weighted by molar-refractivity contribution is -0.132.